The molecule has 2 atom stereocenters. The highest BCUT2D eigenvalue weighted by atomic mass is 32.2. The highest BCUT2D eigenvalue weighted by Crippen LogP contribution is 2.15. The molecule has 1 heterocycles. The van der Waals surface area contributed by atoms with E-state index in [1.165, 1.54) is 0 Å². The van der Waals surface area contributed by atoms with Gasteiger partial charge >= 0.3 is 0 Å². The highest BCUT2D eigenvalue weighted by Gasteiger charge is 2.25. The van der Waals surface area contributed by atoms with Crippen molar-refractivity contribution < 1.29 is 13.2 Å². The fourth-order valence-electron chi connectivity index (χ4n) is 1.61. The Bertz CT molecular complexity index is 271. The van der Waals surface area contributed by atoms with Crippen LogP contribution in [0.2, 0.25) is 0 Å². The summed E-state index contributed by atoms with van der Waals surface area (Å²) >= 11 is 0. The highest BCUT2D eigenvalue weighted by molar-refractivity contribution is 7.91. The summed E-state index contributed by atoms with van der Waals surface area (Å²) < 4.78 is 28.8. The summed E-state index contributed by atoms with van der Waals surface area (Å²) in [5.74, 6) is 0.405. The van der Waals surface area contributed by atoms with E-state index >= 15 is 0 Å². The second kappa shape index (κ2) is 5.27. The lowest BCUT2D eigenvalue weighted by atomic mass is 10.1. The third-order valence-electron chi connectivity index (χ3n) is 2.77. The van der Waals surface area contributed by atoms with Gasteiger partial charge in [0.05, 0.1) is 17.6 Å². The lowest BCUT2D eigenvalue weighted by Gasteiger charge is -2.17. The van der Waals surface area contributed by atoms with E-state index < -0.39 is 9.84 Å². The Morgan fingerprint density at radius 2 is 2.13 bits per heavy atom. The van der Waals surface area contributed by atoms with E-state index in [1.54, 1.807) is 0 Å². The molecule has 0 aliphatic carbocycles. The van der Waals surface area contributed by atoms with Gasteiger partial charge in [-0.1, -0.05) is 13.8 Å². The number of nitrogens with two attached hydrogens (primary N) is 1. The molecule has 2 unspecified atom stereocenters. The molecule has 0 aromatic heterocycles. The number of hydrogen-bond acceptors (Lipinski definition) is 4. The average Bonchev–Trinajstić information content (AvgIpc) is 2.54. The monoisotopic (exact) mass is 235 g/mol. The molecule has 0 aromatic carbocycles. The van der Waals surface area contributed by atoms with Gasteiger partial charge in [0.25, 0.3) is 0 Å². The van der Waals surface area contributed by atoms with Crippen molar-refractivity contribution in [3.63, 3.8) is 0 Å². The minimum Gasteiger partial charge on any atom is -0.377 e. The van der Waals surface area contributed by atoms with Crippen LogP contribution in [0.4, 0.5) is 0 Å². The molecule has 15 heavy (non-hydrogen) atoms. The maximum Gasteiger partial charge on any atom is 0.154 e. The van der Waals surface area contributed by atoms with Crippen molar-refractivity contribution in [2.45, 2.75) is 38.8 Å². The summed E-state index contributed by atoms with van der Waals surface area (Å²) in [5, 5.41) is 0. The van der Waals surface area contributed by atoms with Gasteiger partial charge in [-0.25, -0.2) is 8.42 Å². The van der Waals surface area contributed by atoms with Crippen LogP contribution in [0.1, 0.15) is 26.7 Å². The number of rotatable bonds is 5. The van der Waals surface area contributed by atoms with Crippen LogP contribution in [-0.4, -0.2) is 38.7 Å². The normalized spacial score (nSPS) is 24.7. The summed E-state index contributed by atoms with van der Waals surface area (Å²) in [7, 11) is -3.06. The number of ether oxygens (including phenoxy) is 1. The van der Waals surface area contributed by atoms with Crippen molar-refractivity contribution in [2.75, 3.05) is 18.1 Å². The summed E-state index contributed by atoms with van der Waals surface area (Å²) in [6.45, 7) is 4.56. The van der Waals surface area contributed by atoms with Crippen LogP contribution in [0.3, 0.4) is 0 Å². The first-order chi connectivity index (χ1) is 6.91. The van der Waals surface area contributed by atoms with E-state index in [-0.39, 0.29) is 29.6 Å². The molecule has 0 amide bonds. The molecule has 90 valence electrons. The summed E-state index contributed by atoms with van der Waals surface area (Å²) in [6.07, 6.45) is 1.72. The van der Waals surface area contributed by atoms with Crippen LogP contribution in [-0.2, 0) is 14.6 Å². The summed E-state index contributed by atoms with van der Waals surface area (Å²) in [4.78, 5) is 0. The maximum atomic E-state index is 11.7. The first-order valence-electron chi connectivity index (χ1n) is 5.48. The zero-order valence-corrected chi connectivity index (χ0v) is 10.3. The van der Waals surface area contributed by atoms with E-state index in [0.29, 0.717) is 6.61 Å². The van der Waals surface area contributed by atoms with E-state index in [2.05, 4.69) is 0 Å². The van der Waals surface area contributed by atoms with E-state index in [9.17, 15) is 8.42 Å². The SMILES string of the molecule is CC(C)C(N)CS(=O)(=O)CC1CCCO1. The van der Waals surface area contributed by atoms with Crippen LogP contribution < -0.4 is 5.73 Å². The molecule has 0 bridgehead atoms. The van der Waals surface area contributed by atoms with Crippen LogP contribution in [0.15, 0.2) is 0 Å². The summed E-state index contributed by atoms with van der Waals surface area (Å²) in [6, 6.07) is -0.267. The van der Waals surface area contributed by atoms with Crippen molar-refractivity contribution in [1.29, 1.82) is 0 Å². The second-order valence-corrected chi connectivity index (χ2v) is 6.77. The zero-order valence-electron chi connectivity index (χ0n) is 9.48. The average molecular weight is 235 g/mol. The van der Waals surface area contributed by atoms with Crippen LogP contribution >= 0.6 is 0 Å². The molecular weight excluding hydrogens is 214 g/mol. The molecule has 0 spiro atoms. The van der Waals surface area contributed by atoms with Gasteiger partial charge < -0.3 is 10.5 Å². The summed E-state index contributed by atoms with van der Waals surface area (Å²) in [5.41, 5.74) is 5.76. The molecule has 2 N–H and O–H groups in total. The molecule has 0 saturated carbocycles. The Labute approximate surface area is 92.1 Å². The molecule has 0 radical (unpaired) electrons. The smallest absolute Gasteiger partial charge is 0.154 e. The maximum absolute atomic E-state index is 11.7. The fourth-order valence-corrected chi connectivity index (χ4v) is 3.55. The van der Waals surface area contributed by atoms with Crippen molar-refractivity contribution in [1.82, 2.24) is 0 Å². The molecule has 1 aliphatic rings. The molecule has 5 heteroatoms. The molecule has 1 fully saturated rings. The lowest BCUT2D eigenvalue weighted by molar-refractivity contribution is 0.127. The topological polar surface area (TPSA) is 69.4 Å². The van der Waals surface area contributed by atoms with Crippen LogP contribution in [0.25, 0.3) is 0 Å². The van der Waals surface area contributed by atoms with Crippen molar-refractivity contribution in [3.05, 3.63) is 0 Å². The van der Waals surface area contributed by atoms with Crippen molar-refractivity contribution in [3.8, 4) is 0 Å². The quantitative estimate of drug-likeness (QED) is 0.756. The molecule has 1 rings (SSSR count). The predicted molar refractivity (Wildman–Crippen MR) is 60.4 cm³/mol. The first kappa shape index (κ1) is 12.9. The lowest BCUT2D eigenvalue weighted by Crippen LogP contribution is -2.37. The van der Waals surface area contributed by atoms with E-state index in [0.717, 1.165) is 12.8 Å². The van der Waals surface area contributed by atoms with Crippen molar-refractivity contribution in [2.24, 2.45) is 11.7 Å². The van der Waals surface area contributed by atoms with Gasteiger partial charge in [-0.3, -0.25) is 0 Å². The molecular formula is C10H21NO3S. The zero-order chi connectivity index (χ0) is 11.5. The Morgan fingerprint density at radius 3 is 2.60 bits per heavy atom. The van der Waals surface area contributed by atoms with Gasteiger partial charge in [-0.2, -0.15) is 0 Å². The fraction of sp³-hybridized carbons (Fsp3) is 1.00. The van der Waals surface area contributed by atoms with Gasteiger partial charge in [0, 0.05) is 12.6 Å². The molecule has 1 aliphatic heterocycles. The minimum atomic E-state index is -3.06. The van der Waals surface area contributed by atoms with Crippen LogP contribution in [0, 0.1) is 5.92 Å². The Kier molecular flexibility index (Phi) is 4.55. The van der Waals surface area contributed by atoms with Gasteiger partial charge in [0.1, 0.15) is 0 Å². The second-order valence-electron chi connectivity index (χ2n) is 4.62. The van der Waals surface area contributed by atoms with Crippen molar-refractivity contribution >= 4 is 9.84 Å². The molecule has 1 saturated heterocycles. The predicted octanol–water partition coefficient (Wildman–Crippen LogP) is 0.563. The Balaban J connectivity index is 2.44. The third-order valence-corrected chi connectivity index (χ3v) is 4.54. The first-order valence-corrected chi connectivity index (χ1v) is 7.30. The van der Waals surface area contributed by atoms with Gasteiger partial charge in [-0.05, 0) is 18.8 Å². The van der Waals surface area contributed by atoms with Crippen LogP contribution in [0.5, 0.6) is 0 Å². The third kappa shape index (κ3) is 4.49. The number of hydrogen-bond donors (Lipinski definition) is 1. The molecule has 0 aromatic rings. The Hall–Kier alpha value is -0.130. The van der Waals surface area contributed by atoms with E-state index in [1.807, 2.05) is 13.8 Å². The number of sulfone groups is 1. The largest absolute Gasteiger partial charge is 0.377 e. The molecule has 4 nitrogen and oxygen atoms in total. The van der Waals surface area contributed by atoms with E-state index in [4.69, 9.17) is 10.5 Å². The van der Waals surface area contributed by atoms with Gasteiger partial charge in [0.15, 0.2) is 9.84 Å². The van der Waals surface area contributed by atoms with Gasteiger partial charge in [0.2, 0.25) is 0 Å². The minimum absolute atomic E-state index is 0.0739. The standard InChI is InChI=1S/C10H21NO3S/c1-8(2)10(11)7-15(12,13)6-9-4-3-5-14-9/h8-10H,3-7,11H2,1-2H3. The Morgan fingerprint density at radius 1 is 1.47 bits per heavy atom. The van der Waals surface area contributed by atoms with Gasteiger partial charge in [-0.15, -0.1) is 0 Å².